The molecule has 8 heteroatoms. The molecule has 0 amide bonds. The number of furan rings is 1. The number of hydrogen-bond donors (Lipinski definition) is 0. The van der Waals surface area contributed by atoms with E-state index >= 15 is 0 Å². The molecule has 0 unspecified atom stereocenters. The minimum absolute atomic E-state index is 0. The number of aromatic nitrogens is 1. The second kappa shape index (κ2) is 10.7. The number of fused-ring (bicyclic) bond motifs is 2. The number of nitrogens with zero attached hydrogens (tertiary/aromatic N) is 1. The summed E-state index contributed by atoms with van der Waals surface area (Å²) in [7, 11) is 1.66. The van der Waals surface area contributed by atoms with Crippen molar-refractivity contribution in [1.29, 1.82) is 0 Å². The minimum atomic E-state index is -1.29. The van der Waals surface area contributed by atoms with Crippen LogP contribution in [0.25, 0.3) is 33.3 Å². The van der Waals surface area contributed by atoms with E-state index in [1.54, 1.807) is 13.2 Å². The average Bonchev–Trinajstić information content (AvgIpc) is 3.20. The largest absolute Gasteiger partial charge is 1.00 e. The molecule has 176 valence electrons. The molecular weight excluding hydrogens is 457 g/mol. The number of aryl methyl sites for hydroxylation is 2. The number of rotatable bonds is 6. The third-order valence-corrected chi connectivity index (χ3v) is 6.62. The quantitative estimate of drug-likeness (QED) is 0.379. The first-order valence-corrected chi connectivity index (χ1v) is 11.4. The van der Waals surface area contributed by atoms with Gasteiger partial charge in [0.15, 0.2) is 5.76 Å². The van der Waals surface area contributed by atoms with Crippen molar-refractivity contribution < 1.29 is 58.1 Å². The number of carboxylic acid groups (broad SMARTS) is 1. The number of benzene rings is 2. The molecule has 3 heterocycles. The first-order chi connectivity index (χ1) is 16.5. The van der Waals surface area contributed by atoms with E-state index in [-0.39, 0.29) is 47.1 Å². The summed E-state index contributed by atoms with van der Waals surface area (Å²) in [5.74, 6) is -0.145. The van der Waals surface area contributed by atoms with Crippen LogP contribution in [0.5, 0.6) is 5.75 Å². The molecule has 1 aliphatic rings. The topological polar surface area (TPSA) is 93.8 Å². The maximum Gasteiger partial charge on any atom is 1.00 e. The summed E-state index contributed by atoms with van der Waals surface area (Å²) in [6.07, 6.45) is 0.746. The molecule has 5 rings (SSSR count). The number of carbonyl (C=O) groups excluding carboxylic acids is 1. The third-order valence-electron chi connectivity index (χ3n) is 6.62. The number of hydrogen-bond acceptors (Lipinski definition) is 7. The van der Waals surface area contributed by atoms with Crippen LogP contribution in [-0.2, 0) is 9.47 Å². The summed E-state index contributed by atoms with van der Waals surface area (Å²) in [5, 5.41) is 13.7. The van der Waals surface area contributed by atoms with Crippen LogP contribution in [0.15, 0.2) is 46.9 Å². The smallest absolute Gasteiger partial charge is 0.545 e. The Bertz CT molecular complexity index is 1380. The average molecular weight is 483 g/mol. The van der Waals surface area contributed by atoms with Gasteiger partial charge < -0.3 is 28.5 Å². The third kappa shape index (κ3) is 4.84. The Morgan fingerprint density at radius 2 is 2.00 bits per heavy atom. The standard InChI is InChI=1S/C27H27NO6.Na/c1-15-8-9-22(33-13-17-10-11-32-14-23(17)31-3)24-19(27(29)30)12-20(28-25(15)24)26-16(2)18-6-4-5-7-21(18)34-26;/h4-9,12,17,23H,10-11,13-14H2,1-3H3,(H,29,30);/q;+1/p-1/t17-,23+;/m0./s1. The fourth-order valence-corrected chi connectivity index (χ4v) is 4.66. The number of carbonyl (C=O) groups is 1. The van der Waals surface area contributed by atoms with E-state index in [4.69, 9.17) is 23.6 Å². The predicted molar refractivity (Wildman–Crippen MR) is 126 cm³/mol. The van der Waals surface area contributed by atoms with Crippen LogP contribution in [0, 0.1) is 19.8 Å². The molecule has 2 atom stereocenters. The van der Waals surface area contributed by atoms with Crippen LogP contribution < -0.4 is 39.4 Å². The van der Waals surface area contributed by atoms with Gasteiger partial charge in [0.05, 0.1) is 36.2 Å². The van der Waals surface area contributed by atoms with Gasteiger partial charge >= 0.3 is 29.6 Å². The fraction of sp³-hybridized carbons (Fsp3) is 0.333. The van der Waals surface area contributed by atoms with Crippen LogP contribution >= 0.6 is 0 Å². The van der Waals surface area contributed by atoms with Crippen LogP contribution in [0.2, 0.25) is 0 Å². The zero-order chi connectivity index (χ0) is 23.8. The second-order valence-electron chi connectivity index (χ2n) is 8.71. The van der Waals surface area contributed by atoms with Crippen LogP contribution in [0.1, 0.15) is 27.9 Å². The molecule has 1 aliphatic heterocycles. The van der Waals surface area contributed by atoms with Gasteiger partial charge in [0.25, 0.3) is 0 Å². The van der Waals surface area contributed by atoms with Gasteiger partial charge in [-0.1, -0.05) is 24.3 Å². The number of aromatic carboxylic acids is 1. The zero-order valence-corrected chi connectivity index (χ0v) is 22.4. The van der Waals surface area contributed by atoms with Crippen LogP contribution in [0.3, 0.4) is 0 Å². The van der Waals surface area contributed by atoms with E-state index in [0.717, 1.165) is 28.5 Å². The van der Waals surface area contributed by atoms with E-state index in [1.165, 1.54) is 6.07 Å². The number of carboxylic acids is 1. The molecule has 1 fully saturated rings. The van der Waals surface area contributed by atoms with Crippen LogP contribution in [-0.4, -0.2) is 44.0 Å². The van der Waals surface area contributed by atoms with E-state index < -0.39 is 5.97 Å². The summed E-state index contributed by atoms with van der Waals surface area (Å²) in [4.78, 5) is 17.1. The van der Waals surface area contributed by atoms with Crippen molar-refractivity contribution in [3.8, 4) is 17.2 Å². The van der Waals surface area contributed by atoms with Crippen molar-refractivity contribution in [1.82, 2.24) is 4.98 Å². The molecule has 7 nitrogen and oxygen atoms in total. The van der Waals surface area contributed by atoms with Crippen molar-refractivity contribution >= 4 is 27.8 Å². The van der Waals surface area contributed by atoms with E-state index in [1.807, 2.05) is 44.2 Å². The molecule has 2 aromatic carbocycles. The Morgan fingerprint density at radius 1 is 1.20 bits per heavy atom. The monoisotopic (exact) mass is 483 g/mol. The van der Waals surface area contributed by atoms with Gasteiger partial charge in [0.2, 0.25) is 0 Å². The van der Waals surface area contributed by atoms with Crippen LogP contribution in [0.4, 0.5) is 0 Å². The summed E-state index contributed by atoms with van der Waals surface area (Å²) in [5.41, 5.74) is 3.48. The second-order valence-corrected chi connectivity index (χ2v) is 8.71. The molecule has 35 heavy (non-hydrogen) atoms. The number of methoxy groups -OCH3 is 1. The summed E-state index contributed by atoms with van der Waals surface area (Å²) >= 11 is 0. The number of para-hydroxylation sites is 1. The Labute approximate surface area is 225 Å². The molecule has 4 aromatic rings. The van der Waals surface area contributed by atoms with Gasteiger partial charge in [0.1, 0.15) is 17.0 Å². The SMILES string of the molecule is CO[C@@H]1COCC[C@H]1COc1ccc(C)c2nc(-c3oc4ccccc4c3C)cc(C(=O)[O-])c12.[Na+]. The fourth-order valence-electron chi connectivity index (χ4n) is 4.66. The molecule has 0 spiro atoms. The van der Waals surface area contributed by atoms with Crippen molar-refractivity contribution in [3.63, 3.8) is 0 Å². The van der Waals surface area contributed by atoms with Gasteiger partial charge in [-0.25, -0.2) is 4.98 Å². The molecule has 1 saturated heterocycles. The molecule has 0 N–H and O–H groups in total. The summed E-state index contributed by atoms with van der Waals surface area (Å²) in [6.45, 7) is 5.39. The molecular formula is C27H26NNaO6. The van der Waals surface area contributed by atoms with Gasteiger partial charge in [-0.05, 0) is 44.0 Å². The summed E-state index contributed by atoms with van der Waals surface area (Å²) < 4.78 is 23.2. The van der Waals surface area contributed by atoms with Gasteiger partial charge in [-0.3, -0.25) is 0 Å². The zero-order valence-electron chi connectivity index (χ0n) is 20.4. The Morgan fingerprint density at radius 3 is 2.74 bits per heavy atom. The normalized spacial score (nSPS) is 17.9. The summed E-state index contributed by atoms with van der Waals surface area (Å²) in [6, 6.07) is 12.9. The molecule has 2 aromatic heterocycles. The first-order valence-electron chi connectivity index (χ1n) is 11.4. The molecule has 0 aliphatic carbocycles. The van der Waals surface area contributed by atoms with Gasteiger partial charge in [-0.15, -0.1) is 0 Å². The Hall–Kier alpha value is -2.42. The molecule has 0 radical (unpaired) electrons. The maximum absolute atomic E-state index is 12.3. The molecule has 0 bridgehead atoms. The van der Waals surface area contributed by atoms with Crippen molar-refractivity contribution in [3.05, 3.63) is 59.2 Å². The van der Waals surface area contributed by atoms with E-state index in [2.05, 4.69) is 0 Å². The predicted octanol–water partition coefficient (Wildman–Crippen LogP) is 1.06. The number of ether oxygens (including phenoxy) is 3. The van der Waals surface area contributed by atoms with Gasteiger partial charge in [0, 0.05) is 36.1 Å². The van der Waals surface area contributed by atoms with Gasteiger partial charge in [-0.2, -0.15) is 0 Å². The maximum atomic E-state index is 12.3. The first kappa shape index (κ1) is 25.7. The van der Waals surface area contributed by atoms with E-state index in [0.29, 0.717) is 47.9 Å². The molecule has 0 saturated carbocycles. The minimum Gasteiger partial charge on any atom is -0.545 e. The van der Waals surface area contributed by atoms with Crippen molar-refractivity contribution in [2.75, 3.05) is 26.9 Å². The Kier molecular flexibility index (Phi) is 7.83. The number of pyridine rings is 1. The Balaban J connectivity index is 0.00000289. The van der Waals surface area contributed by atoms with E-state index in [9.17, 15) is 9.90 Å². The van der Waals surface area contributed by atoms with Crippen molar-refractivity contribution in [2.24, 2.45) is 5.92 Å². The van der Waals surface area contributed by atoms with Crippen molar-refractivity contribution in [2.45, 2.75) is 26.4 Å².